The van der Waals surface area contributed by atoms with Gasteiger partial charge in [0.15, 0.2) is 0 Å². The normalized spacial score (nSPS) is 19.9. The molecule has 0 spiro atoms. The molecular formula is C18H24ClN3O. The fourth-order valence-corrected chi connectivity index (χ4v) is 3.19. The molecule has 3 rings (SSSR count). The Hall–Kier alpha value is -1.36. The smallest absolute Gasteiger partial charge is 0.126 e. The van der Waals surface area contributed by atoms with Crippen molar-refractivity contribution in [1.82, 2.24) is 14.9 Å². The van der Waals surface area contributed by atoms with Crippen molar-refractivity contribution >= 4 is 11.6 Å². The van der Waals surface area contributed by atoms with Crippen LogP contribution in [0.5, 0.6) is 0 Å². The monoisotopic (exact) mass is 333 g/mol. The van der Waals surface area contributed by atoms with Crippen LogP contribution in [0.1, 0.15) is 32.6 Å². The van der Waals surface area contributed by atoms with Crippen molar-refractivity contribution in [2.45, 2.75) is 26.8 Å². The molecule has 2 heterocycles. The first-order valence-corrected chi connectivity index (χ1v) is 8.43. The van der Waals surface area contributed by atoms with E-state index in [-0.39, 0.29) is 11.5 Å². The number of aromatic nitrogens is 2. The summed E-state index contributed by atoms with van der Waals surface area (Å²) >= 11 is 6.08. The zero-order valence-corrected chi connectivity index (χ0v) is 14.7. The second-order valence-electron chi connectivity index (χ2n) is 7.31. The van der Waals surface area contributed by atoms with Crippen molar-refractivity contribution in [3.8, 4) is 11.3 Å². The Labute approximate surface area is 142 Å². The number of rotatable bonds is 3. The number of halogens is 1. The van der Waals surface area contributed by atoms with E-state index >= 15 is 0 Å². The number of nitrogens with zero attached hydrogens (tertiary/aromatic N) is 2. The summed E-state index contributed by atoms with van der Waals surface area (Å²) in [4.78, 5) is 10.5. The van der Waals surface area contributed by atoms with Gasteiger partial charge in [0.2, 0.25) is 0 Å². The van der Waals surface area contributed by atoms with E-state index in [9.17, 15) is 0 Å². The number of hydrogen-bond donors (Lipinski definition) is 1. The Bertz CT molecular complexity index is 662. The van der Waals surface area contributed by atoms with Crippen LogP contribution in [0.15, 0.2) is 30.5 Å². The first kappa shape index (κ1) is 16.5. The minimum Gasteiger partial charge on any atom is -0.378 e. The lowest BCUT2D eigenvalue weighted by molar-refractivity contribution is -0.0246. The minimum atomic E-state index is 0.177. The third-order valence-corrected chi connectivity index (χ3v) is 4.20. The van der Waals surface area contributed by atoms with Crippen molar-refractivity contribution in [1.29, 1.82) is 0 Å². The number of ether oxygens (including phenoxy) is 1. The van der Waals surface area contributed by atoms with Crippen LogP contribution >= 0.6 is 11.6 Å². The van der Waals surface area contributed by atoms with Gasteiger partial charge in [0, 0.05) is 23.7 Å². The van der Waals surface area contributed by atoms with Crippen LogP contribution in [0.4, 0.5) is 0 Å². The second kappa shape index (κ2) is 6.63. The number of benzene rings is 1. The molecule has 1 fully saturated rings. The molecule has 0 bridgehead atoms. The fraction of sp³-hybridized carbons (Fsp3) is 0.500. The lowest BCUT2D eigenvalue weighted by Gasteiger charge is -2.38. The summed E-state index contributed by atoms with van der Waals surface area (Å²) in [6.07, 6.45) is 1.88. The number of morpholine rings is 1. The van der Waals surface area contributed by atoms with Gasteiger partial charge in [-0.25, -0.2) is 4.98 Å². The Kier molecular flexibility index (Phi) is 4.76. The molecule has 0 unspecified atom stereocenters. The van der Waals surface area contributed by atoms with Gasteiger partial charge < -0.3 is 9.72 Å². The molecule has 1 saturated heterocycles. The number of nitrogens with one attached hydrogen (secondary N) is 1. The molecule has 1 aromatic carbocycles. The Morgan fingerprint density at radius 3 is 2.96 bits per heavy atom. The highest BCUT2D eigenvalue weighted by atomic mass is 35.5. The van der Waals surface area contributed by atoms with Crippen LogP contribution < -0.4 is 0 Å². The maximum atomic E-state index is 6.08. The molecule has 5 heteroatoms. The Morgan fingerprint density at radius 2 is 2.22 bits per heavy atom. The van der Waals surface area contributed by atoms with E-state index in [4.69, 9.17) is 16.3 Å². The zero-order chi connectivity index (χ0) is 16.4. The van der Waals surface area contributed by atoms with Crippen LogP contribution in [0.2, 0.25) is 5.02 Å². The van der Waals surface area contributed by atoms with E-state index in [1.807, 2.05) is 30.5 Å². The van der Waals surface area contributed by atoms with Crippen molar-refractivity contribution in [3.63, 3.8) is 0 Å². The maximum absolute atomic E-state index is 6.08. The van der Waals surface area contributed by atoms with Gasteiger partial charge in [-0.3, -0.25) is 4.90 Å². The van der Waals surface area contributed by atoms with Gasteiger partial charge in [-0.05, 0) is 17.5 Å². The summed E-state index contributed by atoms with van der Waals surface area (Å²) in [5, 5.41) is 0.731. The maximum Gasteiger partial charge on any atom is 0.126 e. The van der Waals surface area contributed by atoms with Crippen LogP contribution in [-0.2, 0) is 4.74 Å². The lowest BCUT2D eigenvalue weighted by Crippen LogP contribution is -2.44. The van der Waals surface area contributed by atoms with Crippen LogP contribution in [0.25, 0.3) is 11.3 Å². The van der Waals surface area contributed by atoms with Crippen LogP contribution in [0.3, 0.4) is 0 Å². The summed E-state index contributed by atoms with van der Waals surface area (Å²) in [7, 11) is 0. The number of hydrogen-bond acceptors (Lipinski definition) is 3. The topological polar surface area (TPSA) is 41.1 Å². The second-order valence-corrected chi connectivity index (χ2v) is 7.75. The molecule has 1 N–H and O–H groups in total. The average molecular weight is 334 g/mol. The first-order valence-electron chi connectivity index (χ1n) is 8.05. The van der Waals surface area contributed by atoms with E-state index in [0.29, 0.717) is 6.61 Å². The summed E-state index contributed by atoms with van der Waals surface area (Å²) in [5.41, 5.74) is 2.29. The summed E-state index contributed by atoms with van der Waals surface area (Å²) < 4.78 is 5.69. The van der Waals surface area contributed by atoms with E-state index in [1.54, 1.807) is 0 Å². The molecule has 1 aliphatic rings. The predicted molar refractivity (Wildman–Crippen MR) is 93.6 cm³/mol. The third-order valence-electron chi connectivity index (χ3n) is 3.96. The van der Waals surface area contributed by atoms with Gasteiger partial charge in [-0.15, -0.1) is 0 Å². The Morgan fingerprint density at radius 1 is 1.39 bits per heavy atom. The van der Waals surface area contributed by atoms with E-state index in [1.165, 1.54) is 0 Å². The van der Waals surface area contributed by atoms with Gasteiger partial charge >= 0.3 is 0 Å². The van der Waals surface area contributed by atoms with Crippen LogP contribution in [0, 0.1) is 5.41 Å². The summed E-state index contributed by atoms with van der Waals surface area (Å²) in [6.45, 7) is 10.2. The number of aromatic amines is 1. The highest BCUT2D eigenvalue weighted by molar-refractivity contribution is 6.30. The zero-order valence-electron chi connectivity index (χ0n) is 14.0. The van der Waals surface area contributed by atoms with Gasteiger partial charge in [-0.2, -0.15) is 0 Å². The summed E-state index contributed by atoms with van der Waals surface area (Å²) in [5.74, 6) is 0.962. The Balaban J connectivity index is 1.83. The molecular weight excluding hydrogens is 310 g/mol. The molecule has 2 aromatic rings. The minimum absolute atomic E-state index is 0.177. The van der Waals surface area contributed by atoms with E-state index in [2.05, 4.69) is 35.6 Å². The highest BCUT2D eigenvalue weighted by Crippen LogP contribution is 2.28. The largest absolute Gasteiger partial charge is 0.378 e. The van der Waals surface area contributed by atoms with Gasteiger partial charge in [0.05, 0.1) is 31.1 Å². The predicted octanol–water partition coefficient (Wildman–Crippen LogP) is 4.15. The van der Waals surface area contributed by atoms with Gasteiger partial charge in [0.25, 0.3) is 0 Å². The van der Waals surface area contributed by atoms with Crippen molar-refractivity contribution in [2.24, 2.45) is 5.41 Å². The molecule has 0 amide bonds. The molecule has 1 aromatic heterocycles. The van der Waals surface area contributed by atoms with Gasteiger partial charge in [0.1, 0.15) is 5.82 Å². The fourth-order valence-electron chi connectivity index (χ4n) is 3.00. The lowest BCUT2D eigenvalue weighted by atomic mass is 9.95. The average Bonchev–Trinajstić information content (AvgIpc) is 2.96. The molecule has 0 saturated carbocycles. The third kappa shape index (κ3) is 4.14. The van der Waals surface area contributed by atoms with E-state index < -0.39 is 0 Å². The molecule has 0 radical (unpaired) electrons. The summed E-state index contributed by atoms with van der Waals surface area (Å²) in [6, 6.07) is 7.99. The van der Waals surface area contributed by atoms with Crippen molar-refractivity contribution in [2.75, 3.05) is 26.3 Å². The number of imidazole rings is 1. The first-order chi connectivity index (χ1) is 10.9. The SMILES string of the molecule is CC(C)(C)CN1CCOC[C@H]1c1ncc(-c2cccc(Cl)c2)[nH]1. The quantitative estimate of drug-likeness (QED) is 0.917. The van der Waals surface area contributed by atoms with Crippen molar-refractivity contribution in [3.05, 3.63) is 41.3 Å². The standard InChI is InChI=1S/C18H24ClN3O/c1-18(2,3)12-22-7-8-23-11-16(22)17-20-10-15(21-17)13-5-4-6-14(19)9-13/h4-6,9-10,16H,7-8,11-12H2,1-3H3,(H,20,21)/t16-/m0/s1. The molecule has 4 nitrogen and oxygen atoms in total. The highest BCUT2D eigenvalue weighted by Gasteiger charge is 2.29. The molecule has 23 heavy (non-hydrogen) atoms. The molecule has 0 aliphatic carbocycles. The van der Waals surface area contributed by atoms with Crippen LogP contribution in [-0.4, -0.2) is 41.2 Å². The molecule has 124 valence electrons. The van der Waals surface area contributed by atoms with Crippen molar-refractivity contribution < 1.29 is 4.74 Å². The number of H-pyrrole nitrogens is 1. The van der Waals surface area contributed by atoms with Gasteiger partial charge in [-0.1, -0.05) is 44.5 Å². The molecule has 1 atom stereocenters. The molecule has 1 aliphatic heterocycles. The van der Waals surface area contributed by atoms with E-state index in [0.717, 1.165) is 41.8 Å².